The lowest BCUT2D eigenvalue weighted by atomic mass is 10.2. The van der Waals surface area contributed by atoms with E-state index in [9.17, 15) is 0 Å². The fourth-order valence-electron chi connectivity index (χ4n) is 1.50. The second kappa shape index (κ2) is 5.46. The SMILES string of the molecule is Cc1ccc(COc2cc(CN)ccn2)cc1. The number of hydrogen-bond acceptors (Lipinski definition) is 3. The smallest absolute Gasteiger partial charge is 0.213 e. The van der Waals surface area contributed by atoms with Crippen LogP contribution in [0, 0.1) is 6.92 Å². The summed E-state index contributed by atoms with van der Waals surface area (Å²) >= 11 is 0. The van der Waals surface area contributed by atoms with E-state index in [0.29, 0.717) is 19.0 Å². The molecule has 0 bridgehead atoms. The van der Waals surface area contributed by atoms with E-state index in [0.717, 1.165) is 11.1 Å². The van der Waals surface area contributed by atoms with Crippen LogP contribution in [0.5, 0.6) is 5.88 Å². The first-order valence-electron chi connectivity index (χ1n) is 5.61. The largest absolute Gasteiger partial charge is 0.473 e. The van der Waals surface area contributed by atoms with Crippen LogP contribution in [0.3, 0.4) is 0 Å². The highest BCUT2D eigenvalue weighted by Gasteiger charge is 1.98. The van der Waals surface area contributed by atoms with Crippen LogP contribution in [0.25, 0.3) is 0 Å². The summed E-state index contributed by atoms with van der Waals surface area (Å²) in [5.41, 5.74) is 8.97. The summed E-state index contributed by atoms with van der Waals surface area (Å²) in [5, 5.41) is 0. The molecule has 0 aliphatic rings. The Hall–Kier alpha value is -1.87. The van der Waals surface area contributed by atoms with Gasteiger partial charge in [-0.1, -0.05) is 29.8 Å². The van der Waals surface area contributed by atoms with E-state index in [2.05, 4.69) is 36.2 Å². The van der Waals surface area contributed by atoms with Gasteiger partial charge >= 0.3 is 0 Å². The van der Waals surface area contributed by atoms with Crippen LogP contribution in [0.15, 0.2) is 42.6 Å². The maximum absolute atomic E-state index is 5.61. The molecule has 0 spiro atoms. The van der Waals surface area contributed by atoms with E-state index in [-0.39, 0.29) is 0 Å². The van der Waals surface area contributed by atoms with Gasteiger partial charge < -0.3 is 10.5 Å². The Bertz CT molecular complexity index is 480. The third-order valence-corrected chi connectivity index (χ3v) is 2.54. The van der Waals surface area contributed by atoms with Crippen molar-refractivity contribution in [1.29, 1.82) is 0 Å². The third-order valence-electron chi connectivity index (χ3n) is 2.54. The molecule has 0 amide bonds. The van der Waals surface area contributed by atoms with Gasteiger partial charge in [-0.3, -0.25) is 0 Å². The van der Waals surface area contributed by atoms with Gasteiger partial charge in [0.05, 0.1) is 0 Å². The first kappa shape index (κ1) is 11.6. The van der Waals surface area contributed by atoms with Crippen molar-refractivity contribution in [2.45, 2.75) is 20.1 Å². The Morgan fingerprint density at radius 3 is 2.59 bits per heavy atom. The lowest BCUT2D eigenvalue weighted by Gasteiger charge is -2.06. The summed E-state index contributed by atoms with van der Waals surface area (Å²) in [5.74, 6) is 0.619. The minimum Gasteiger partial charge on any atom is -0.473 e. The highest BCUT2D eigenvalue weighted by molar-refractivity contribution is 5.23. The molecular weight excluding hydrogens is 212 g/mol. The van der Waals surface area contributed by atoms with Crippen LogP contribution in [0.4, 0.5) is 0 Å². The molecule has 2 rings (SSSR count). The number of pyridine rings is 1. The van der Waals surface area contributed by atoms with Crippen molar-refractivity contribution in [3.63, 3.8) is 0 Å². The summed E-state index contributed by atoms with van der Waals surface area (Å²) in [6, 6.07) is 12.0. The quantitative estimate of drug-likeness (QED) is 0.874. The Balaban J connectivity index is 1.99. The molecule has 0 aliphatic heterocycles. The maximum Gasteiger partial charge on any atom is 0.213 e. The number of nitrogens with zero attached hydrogens (tertiary/aromatic N) is 1. The van der Waals surface area contributed by atoms with Gasteiger partial charge in [-0.2, -0.15) is 0 Å². The fraction of sp³-hybridized carbons (Fsp3) is 0.214. The number of ether oxygens (including phenoxy) is 1. The second-order valence-corrected chi connectivity index (χ2v) is 3.98. The molecule has 0 saturated heterocycles. The number of benzene rings is 1. The zero-order valence-corrected chi connectivity index (χ0v) is 9.89. The van der Waals surface area contributed by atoms with Gasteiger partial charge in [-0.15, -0.1) is 0 Å². The molecule has 3 heteroatoms. The molecule has 1 aromatic heterocycles. The predicted molar refractivity (Wildman–Crippen MR) is 67.6 cm³/mol. The molecule has 1 aromatic carbocycles. The van der Waals surface area contributed by atoms with Crippen molar-refractivity contribution in [2.24, 2.45) is 5.73 Å². The van der Waals surface area contributed by atoms with Crippen molar-refractivity contribution < 1.29 is 4.74 Å². The Morgan fingerprint density at radius 1 is 1.12 bits per heavy atom. The Kier molecular flexibility index (Phi) is 3.73. The van der Waals surface area contributed by atoms with E-state index in [4.69, 9.17) is 10.5 Å². The summed E-state index contributed by atoms with van der Waals surface area (Å²) in [4.78, 5) is 4.14. The van der Waals surface area contributed by atoms with Gasteiger partial charge in [-0.05, 0) is 24.1 Å². The molecule has 3 nitrogen and oxygen atoms in total. The van der Waals surface area contributed by atoms with Gasteiger partial charge in [0.1, 0.15) is 6.61 Å². The fourth-order valence-corrected chi connectivity index (χ4v) is 1.50. The molecular formula is C14H16N2O. The van der Waals surface area contributed by atoms with Crippen LogP contribution in [-0.2, 0) is 13.2 Å². The minimum absolute atomic E-state index is 0.503. The molecule has 0 atom stereocenters. The normalized spacial score (nSPS) is 10.2. The average molecular weight is 228 g/mol. The number of rotatable bonds is 4. The molecule has 2 aromatic rings. The summed E-state index contributed by atoms with van der Waals surface area (Å²) in [7, 11) is 0. The molecule has 0 fully saturated rings. The zero-order valence-electron chi connectivity index (χ0n) is 9.89. The van der Waals surface area contributed by atoms with E-state index in [1.807, 2.05) is 12.1 Å². The lowest BCUT2D eigenvalue weighted by molar-refractivity contribution is 0.293. The minimum atomic E-state index is 0.503. The first-order valence-corrected chi connectivity index (χ1v) is 5.61. The van der Waals surface area contributed by atoms with E-state index in [1.54, 1.807) is 6.20 Å². The Morgan fingerprint density at radius 2 is 1.88 bits per heavy atom. The zero-order chi connectivity index (χ0) is 12.1. The summed E-state index contributed by atoms with van der Waals surface area (Å²) in [6.45, 7) is 3.10. The van der Waals surface area contributed by atoms with E-state index >= 15 is 0 Å². The highest BCUT2D eigenvalue weighted by Crippen LogP contribution is 2.11. The van der Waals surface area contributed by atoms with Gasteiger partial charge in [0.15, 0.2) is 0 Å². The molecule has 17 heavy (non-hydrogen) atoms. The van der Waals surface area contributed by atoms with Crippen LogP contribution >= 0.6 is 0 Å². The van der Waals surface area contributed by atoms with Gasteiger partial charge in [0.2, 0.25) is 5.88 Å². The number of nitrogens with two attached hydrogens (primary N) is 1. The third kappa shape index (κ3) is 3.29. The lowest BCUT2D eigenvalue weighted by Crippen LogP contribution is -2.00. The predicted octanol–water partition coefficient (Wildman–Crippen LogP) is 2.43. The van der Waals surface area contributed by atoms with Crippen LogP contribution < -0.4 is 10.5 Å². The number of aryl methyl sites for hydroxylation is 1. The van der Waals surface area contributed by atoms with Gasteiger partial charge in [0, 0.05) is 18.8 Å². The van der Waals surface area contributed by atoms with Gasteiger partial charge in [0.25, 0.3) is 0 Å². The topological polar surface area (TPSA) is 48.1 Å². The second-order valence-electron chi connectivity index (χ2n) is 3.98. The number of hydrogen-bond donors (Lipinski definition) is 1. The Labute approximate surface area is 101 Å². The average Bonchev–Trinajstić information content (AvgIpc) is 2.38. The standard InChI is InChI=1S/C14H16N2O/c1-11-2-4-12(5-3-11)10-17-14-8-13(9-15)6-7-16-14/h2-8H,9-10,15H2,1H3. The highest BCUT2D eigenvalue weighted by atomic mass is 16.5. The summed E-state index contributed by atoms with van der Waals surface area (Å²) in [6.07, 6.45) is 1.71. The molecule has 88 valence electrons. The molecule has 0 radical (unpaired) electrons. The molecule has 0 saturated carbocycles. The van der Waals surface area contributed by atoms with Crippen molar-refractivity contribution in [1.82, 2.24) is 4.98 Å². The molecule has 1 heterocycles. The van der Waals surface area contributed by atoms with Crippen LogP contribution in [-0.4, -0.2) is 4.98 Å². The maximum atomic E-state index is 5.61. The summed E-state index contributed by atoms with van der Waals surface area (Å²) < 4.78 is 5.61. The van der Waals surface area contributed by atoms with Crippen molar-refractivity contribution >= 4 is 0 Å². The monoisotopic (exact) mass is 228 g/mol. The molecule has 0 unspecified atom stereocenters. The van der Waals surface area contributed by atoms with Crippen molar-refractivity contribution in [3.05, 3.63) is 59.3 Å². The van der Waals surface area contributed by atoms with E-state index in [1.165, 1.54) is 5.56 Å². The van der Waals surface area contributed by atoms with Crippen molar-refractivity contribution in [3.8, 4) is 5.88 Å². The number of aromatic nitrogens is 1. The van der Waals surface area contributed by atoms with Crippen LogP contribution in [0.1, 0.15) is 16.7 Å². The molecule has 0 aliphatic carbocycles. The molecule has 2 N–H and O–H groups in total. The first-order chi connectivity index (χ1) is 8.28. The van der Waals surface area contributed by atoms with E-state index < -0.39 is 0 Å². The van der Waals surface area contributed by atoms with Gasteiger partial charge in [-0.25, -0.2) is 4.98 Å². The van der Waals surface area contributed by atoms with Crippen molar-refractivity contribution in [2.75, 3.05) is 0 Å². The van der Waals surface area contributed by atoms with Crippen LogP contribution in [0.2, 0.25) is 0 Å².